The van der Waals surface area contributed by atoms with E-state index in [9.17, 15) is 34.4 Å². The summed E-state index contributed by atoms with van der Waals surface area (Å²) in [7, 11) is -8.43. The fourth-order valence-corrected chi connectivity index (χ4v) is 6.46. The van der Waals surface area contributed by atoms with Crippen LogP contribution in [0.25, 0.3) is 10.8 Å². The lowest BCUT2D eigenvalue weighted by atomic mass is 10.1. The van der Waals surface area contributed by atoms with Crippen molar-refractivity contribution in [1.82, 2.24) is 4.72 Å². The smallest absolute Gasteiger partial charge is 0.266 e. The van der Waals surface area contributed by atoms with Gasteiger partial charge in [-0.1, -0.05) is 36.4 Å². The van der Waals surface area contributed by atoms with E-state index < -0.39 is 42.5 Å². The first-order valence-corrected chi connectivity index (χ1v) is 14.2. The van der Waals surface area contributed by atoms with E-state index in [1.807, 2.05) is 12.1 Å². The maximum absolute atomic E-state index is 13.6. The summed E-state index contributed by atoms with van der Waals surface area (Å²) < 4.78 is 108. The second-order valence-electron chi connectivity index (χ2n) is 8.34. The Morgan fingerprint density at radius 2 is 1.42 bits per heavy atom. The van der Waals surface area contributed by atoms with Gasteiger partial charge in [-0.05, 0) is 71.8 Å². The number of anilines is 1. The van der Waals surface area contributed by atoms with Gasteiger partial charge in [0.25, 0.3) is 10.0 Å². The molecular weight excluding hydrogens is 544 g/mol. The Morgan fingerprint density at radius 3 is 2.11 bits per heavy atom. The number of alkyl halides is 3. The van der Waals surface area contributed by atoms with Crippen LogP contribution in [0.2, 0.25) is 0 Å². The molecule has 0 atom stereocenters. The monoisotopic (exact) mass is 566 g/mol. The van der Waals surface area contributed by atoms with Gasteiger partial charge >= 0.3 is 6.18 Å². The molecule has 0 aliphatic heterocycles. The van der Waals surface area contributed by atoms with Crippen molar-refractivity contribution in [2.45, 2.75) is 22.4 Å². The summed E-state index contributed by atoms with van der Waals surface area (Å²) in [5.74, 6) is -0.564. The molecule has 4 aromatic carbocycles. The maximum atomic E-state index is 13.6. The van der Waals surface area contributed by atoms with Crippen LogP contribution < -0.4 is 9.03 Å². The Kier molecular flexibility index (Phi) is 7.77. The third-order valence-corrected chi connectivity index (χ3v) is 9.01. The summed E-state index contributed by atoms with van der Waals surface area (Å²) in [5, 5.41) is 1.53. The Balaban J connectivity index is 1.55. The average molecular weight is 567 g/mol. The van der Waals surface area contributed by atoms with E-state index in [1.165, 1.54) is 24.3 Å². The van der Waals surface area contributed by atoms with Crippen LogP contribution in [0, 0.1) is 5.82 Å². The van der Waals surface area contributed by atoms with Crippen molar-refractivity contribution >= 4 is 36.5 Å². The van der Waals surface area contributed by atoms with Crippen molar-refractivity contribution in [3.8, 4) is 0 Å². The van der Waals surface area contributed by atoms with Crippen molar-refractivity contribution in [3.63, 3.8) is 0 Å². The molecule has 0 aliphatic rings. The number of fused-ring (bicyclic) bond motifs is 1. The third-order valence-electron chi connectivity index (χ3n) is 5.73. The number of nitrogens with one attached hydrogen (secondary N) is 1. The summed E-state index contributed by atoms with van der Waals surface area (Å²) in [6, 6.07) is 19.9. The van der Waals surface area contributed by atoms with Crippen LogP contribution in [0.4, 0.5) is 23.2 Å². The Labute approximate surface area is 217 Å². The van der Waals surface area contributed by atoms with E-state index in [1.54, 1.807) is 18.2 Å². The summed E-state index contributed by atoms with van der Waals surface area (Å²) in [6.07, 6.45) is -4.74. The molecule has 0 spiro atoms. The molecule has 0 saturated heterocycles. The van der Waals surface area contributed by atoms with Crippen LogP contribution in [0.3, 0.4) is 0 Å². The highest BCUT2D eigenvalue weighted by molar-refractivity contribution is 7.92. The van der Waals surface area contributed by atoms with E-state index >= 15 is 0 Å². The second-order valence-corrected chi connectivity index (χ2v) is 12.0. The molecule has 4 rings (SSSR count). The number of hydrogen-bond donors (Lipinski definition) is 1. The van der Waals surface area contributed by atoms with Crippen LogP contribution in [0.1, 0.15) is 12.0 Å². The molecule has 4 aromatic rings. The SMILES string of the molecule is O=S(=O)(NCCCN(c1ccc(F)cc1)S(=O)(=O)c1ccc2ccccc2c1)c1cccc(C(F)(F)F)c1. The van der Waals surface area contributed by atoms with Gasteiger partial charge < -0.3 is 0 Å². The molecule has 0 aromatic heterocycles. The quantitative estimate of drug-likeness (QED) is 0.212. The molecule has 38 heavy (non-hydrogen) atoms. The molecule has 0 fully saturated rings. The number of sulfonamides is 2. The van der Waals surface area contributed by atoms with Crippen LogP contribution in [0.5, 0.6) is 0 Å². The van der Waals surface area contributed by atoms with Gasteiger partial charge in [0.05, 0.1) is 21.0 Å². The molecule has 6 nitrogen and oxygen atoms in total. The van der Waals surface area contributed by atoms with Crippen LogP contribution in [0.15, 0.2) is 101 Å². The fraction of sp³-hybridized carbons (Fsp3) is 0.154. The highest BCUT2D eigenvalue weighted by Crippen LogP contribution is 2.30. The minimum absolute atomic E-state index is 0.00919. The van der Waals surface area contributed by atoms with Crippen molar-refractivity contribution < 1.29 is 34.4 Å². The van der Waals surface area contributed by atoms with Crippen molar-refractivity contribution in [2.24, 2.45) is 0 Å². The molecule has 12 heteroatoms. The van der Waals surface area contributed by atoms with Gasteiger partial charge in [0.15, 0.2) is 0 Å². The zero-order valence-corrected chi connectivity index (χ0v) is 21.3. The lowest BCUT2D eigenvalue weighted by Gasteiger charge is -2.25. The van der Waals surface area contributed by atoms with Gasteiger partial charge in [0.1, 0.15) is 5.82 Å². The van der Waals surface area contributed by atoms with Gasteiger partial charge in [-0.25, -0.2) is 25.9 Å². The molecule has 0 unspecified atom stereocenters. The first-order valence-electron chi connectivity index (χ1n) is 11.3. The summed E-state index contributed by atoms with van der Waals surface area (Å²) in [6.45, 7) is -0.449. The number of benzene rings is 4. The van der Waals surface area contributed by atoms with E-state index in [0.29, 0.717) is 11.5 Å². The van der Waals surface area contributed by atoms with Gasteiger partial charge in [-0.3, -0.25) is 4.31 Å². The van der Waals surface area contributed by atoms with Crippen molar-refractivity contribution in [1.29, 1.82) is 0 Å². The number of hydrogen-bond acceptors (Lipinski definition) is 4. The van der Waals surface area contributed by atoms with Gasteiger partial charge in [0, 0.05) is 13.1 Å². The Morgan fingerprint density at radius 1 is 0.737 bits per heavy atom. The molecule has 0 aliphatic carbocycles. The standard InChI is InChI=1S/C26H22F4N2O4S2/c27-22-10-12-23(13-11-22)32(38(35,36)25-14-9-19-5-1-2-6-20(19)17-25)16-4-15-31-37(33,34)24-8-3-7-21(18-24)26(28,29)30/h1-3,5-14,17-18,31H,4,15-16H2. The predicted molar refractivity (Wildman–Crippen MR) is 136 cm³/mol. The lowest BCUT2D eigenvalue weighted by Crippen LogP contribution is -2.34. The number of nitrogens with zero attached hydrogens (tertiary/aromatic N) is 1. The molecule has 0 amide bonds. The van der Waals surface area contributed by atoms with E-state index in [2.05, 4.69) is 4.72 Å². The fourth-order valence-electron chi connectivity index (χ4n) is 3.80. The summed E-state index contributed by atoms with van der Waals surface area (Å²) >= 11 is 0. The zero-order valence-electron chi connectivity index (χ0n) is 19.7. The van der Waals surface area contributed by atoms with Crippen LogP contribution >= 0.6 is 0 Å². The molecular formula is C26H22F4N2O4S2. The predicted octanol–water partition coefficient (Wildman–Crippen LogP) is 5.56. The average Bonchev–Trinajstić information content (AvgIpc) is 2.88. The topological polar surface area (TPSA) is 83.6 Å². The highest BCUT2D eigenvalue weighted by Gasteiger charge is 2.31. The van der Waals surface area contributed by atoms with Gasteiger partial charge in [-0.2, -0.15) is 13.2 Å². The van der Waals surface area contributed by atoms with Crippen LogP contribution in [-0.2, 0) is 26.2 Å². The second kappa shape index (κ2) is 10.7. The molecule has 0 bridgehead atoms. The highest BCUT2D eigenvalue weighted by atomic mass is 32.2. The van der Waals surface area contributed by atoms with E-state index in [4.69, 9.17) is 0 Å². The van der Waals surface area contributed by atoms with Crippen molar-refractivity contribution in [2.75, 3.05) is 17.4 Å². The summed E-state index contributed by atoms with van der Waals surface area (Å²) in [4.78, 5) is -0.573. The van der Waals surface area contributed by atoms with Gasteiger partial charge in [-0.15, -0.1) is 0 Å². The minimum Gasteiger partial charge on any atom is -0.266 e. The molecule has 0 radical (unpaired) electrons. The van der Waals surface area contributed by atoms with Crippen molar-refractivity contribution in [3.05, 3.63) is 102 Å². The molecule has 0 heterocycles. The van der Waals surface area contributed by atoms with E-state index in [0.717, 1.165) is 40.0 Å². The number of halogens is 4. The first-order chi connectivity index (χ1) is 17.9. The Bertz CT molecular complexity index is 1660. The first kappa shape index (κ1) is 27.6. The lowest BCUT2D eigenvalue weighted by molar-refractivity contribution is -0.137. The minimum atomic E-state index is -4.71. The maximum Gasteiger partial charge on any atom is 0.416 e. The van der Waals surface area contributed by atoms with E-state index in [-0.39, 0.29) is 30.1 Å². The Hall–Kier alpha value is -3.48. The largest absolute Gasteiger partial charge is 0.416 e. The number of rotatable bonds is 9. The normalized spacial score (nSPS) is 12.5. The zero-order chi connectivity index (χ0) is 27.6. The van der Waals surface area contributed by atoms with Crippen LogP contribution in [-0.4, -0.2) is 29.9 Å². The van der Waals surface area contributed by atoms with Gasteiger partial charge in [0.2, 0.25) is 10.0 Å². The molecule has 1 N–H and O–H groups in total. The molecule has 0 saturated carbocycles. The third kappa shape index (κ3) is 6.14. The molecule has 200 valence electrons. The summed E-state index contributed by atoms with van der Waals surface area (Å²) in [5.41, 5.74) is -0.940.